The summed E-state index contributed by atoms with van der Waals surface area (Å²) in [5.41, 5.74) is 19.9. The molecule has 1 aliphatic rings. The number of piperidine rings is 1. The highest BCUT2D eigenvalue weighted by molar-refractivity contribution is 5.78. The lowest BCUT2D eigenvalue weighted by atomic mass is 9.89. The highest BCUT2D eigenvalue weighted by Crippen LogP contribution is 2.29. The molecule has 0 saturated carbocycles. The molecule has 3 heterocycles. The number of nitrogens with one attached hydrogen (secondary N) is 1. The van der Waals surface area contributed by atoms with Crippen molar-refractivity contribution >= 4 is 17.2 Å². The Kier molecular flexibility index (Phi) is 8.54. The summed E-state index contributed by atoms with van der Waals surface area (Å²) in [6, 6.07) is 19.0. The molecule has 0 aliphatic carbocycles. The van der Waals surface area contributed by atoms with Crippen molar-refractivity contribution in [2.24, 2.45) is 11.5 Å². The molecule has 2 aromatic carbocycles. The molecule has 0 unspecified atom stereocenters. The summed E-state index contributed by atoms with van der Waals surface area (Å²) in [4.78, 5) is 18.1. The van der Waals surface area contributed by atoms with E-state index in [0.29, 0.717) is 12.5 Å². The van der Waals surface area contributed by atoms with Gasteiger partial charge in [-0.05, 0) is 106 Å². The SMILES string of the molecule is Cc1cc(-c2ccnc3cc(CCCCN4CCC(c5ccc(NCC(N)=O)cc5)CC4)nn23)ccc1CN. The second-order valence-electron chi connectivity index (χ2n) is 10.6. The Hall–Kier alpha value is -3.75. The number of primary amides is 1. The van der Waals surface area contributed by atoms with Gasteiger partial charge in [-0.3, -0.25) is 4.79 Å². The van der Waals surface area contributed by atoms with Gasteiger partial charge in [-0.25, -0.2) is 9.50 Å². The minimum Gasteiger partial charge on any atom is -0.376 e. The predicted octanol–water partition coefficient (Wildman–Crippen LogP) is 4.26. The van der Waals surface area contributed by atoms with Gasteiger partial charge in [-0.15, -0.1) is 0 Å². The van der Waals surface area contributed by atoms with Crippen molar-refractivity contribution in [3.05, 3.63) is 83.2 Å². The molecule has 39 heavy (non-hydrogen) atoms. The van der Waals surface area contributed by atoms with E-state index in [1.165, 1.54) is 36.0 Å². The van der Waals surface area contributed by atoms with E-state index >= 15 is 0 Å². The van der Waals surface area contributed by atoms with Crippen LogP contribution in [-0.2, 0) is 17.8 Å². The van der Waals surface area contributed by atoms with E-state index in [0.717, 1.165) is 60.8 Å². The minimum absolute atomic E-state index is 0.163. The lowest BCUT2D eigenvalue weighted by Gasteiger charge is -2.32. The Morgan fingerprint density at radius 2 is 1.85 bits per heavy atom. The van der Waals surface area contributed by atoms with E-state index in [9.17, 15) is 4.79 Å². The van der Waals surface area contributed by atoms with Gasteiger partial charge < -0.3 is 21.7 Å². The van der Waals surface area contributed by atoms with Crippen LogP contribution in [0, 0.1) is 6.92 Å². The van der Waals surface area contributed by atoms with Crippen LogP contribution >= 0.6 is 0 Å². The van der Waals surface area contributed by atoms with Gasteiger partial charge >= 0.3 is 0 Å². The molecule has 1 saturated heterocycles. The quantitative estimate of drug-likeness (QED) is 0.252. The molecule has 2 aromatic heterocycles. The number of fused-ring (bicyclic) bond motifs is 1. The first kappa shape index (κ1) is 26.8. The first-order valence-electron chi connectivity index (χ1n) is 14.0. The molecule has 1 fully saturated rings. The minimum atomic E-state index is -0.351. The van der Waals surface area contributed by atoms with Gasteiger partial charge in [-0.2, -0.15) is 5.10 Å². The van der Waals surface area contributed by atoms with E-state index < -0.39 is 0 Å². The molecule has 8 heteroatoms. The zero-order valence-electron chi connectivity index (χ0n) is 22.8. The Morgan fingerprint density at radius 3 is 2.56 bits per heavy atom. The van der Waals surface area contributed by atoms with E-state index in [4.69, 9.17) is 16.6 Å². The molecule has 0 bridgehead atoms. The Morgan fingerprint density at radius 1 is 1.05 bits per heavy atom. The third-order valence-electron chi connectivity index (χ3n) is 7.86. The van der Waals surface area contributed by atoms with Gasteiger partial charge in [0, 0.05) is 30.1 Å². The van der Waals surface area contributed by atoms with E-state index in [2.05, 4.69) is 58.5 Å². The molecule has 4 aromatic rings. The third-order valence-corrected chi connectivity index (χ3v) is 7.86. The number of aryl methyl sites for hydroxylation is 2. The fraction of sp³-hybridized carbons (Fsp3) is 0.387. The number of carbonyl (C=O) groups excluding carboxylic acids is 1. The number of nitrogens with two attached hydrogens (primary N) is 2. The van der Waals surface area contributed by atoms with Crippen molar-refractivity contribution in [3.63, 3.8) is 0 Å². The number of amides is 1. The number of aromatic nitrogens is 3. The van der Waals surface area contributed by atoms with Crippen LogP contribution in [0.1, 0.15) is 54.0 Å². The second kappa shape index (κ2) is 12.4. The molecule has 0 spiro atoms. The molecule has 5 rings (SSSR count). The number of unbranched alkanes of at least 4 members (excludes halogenated alkanes) is 1. The van der Waals surface area contributed by atoms with Crippen LogP contribution < -0.4 is 16.8 Å². The molecule has 8 nitrogen and oxygen atoms in total. The van der Waals surface area contributed by atoms with Crippen LogP contribution in [0.2, 0.25) is 0 Å². The molecule has 1 amide bonds. The number of hydrogen-bond acceptors (Lipinski definition) is 6. The van der Waals surface area contributed by atoms with Gasteiger partial charge in [0.05, 0.1) is 17.9 Å². The smallest absolute Gasteiger partial charge is 0.236 e. The van der Waals surface area contributed by atoms with Crippen LogP contribution in [0.3, 0.4) is 0 Å². The highest BCUT2D eigenvalue weighted by Gasteiger charge is 2.20. The van der Waals surface area contributed by atoms with Crippen LogP contribution in [-0.4, -0.2) is 51.6 Å². The lowest BCUT2D eigenvalue weighted by molar-refractivity contribution is -0.116. The number of rotatable bonds is 11. The van der Waals surface area contributed by atoms with Crippen molar-refractivity contribution in [2.45, 2.75) is 51.5 Å². The summed E-state index contributed by atoms with van der Waals surface area (Å²) >= 11 is 0. The van der Waals surface area contributed by atoms with Crippen LogP contribution in [0.4, 0.5) is 5.69 Å². The first-order chi connectivity index (χ1) is 19.0. The monoisotopic (exact) mass is 525 g/mol. The molecule has 204 valence electrons. The van der Waals surface area contributed by atoms with Gasteiger partial charge in [0.15, 0.2) is 5.65 Å². The maximum absolute atomic E-state index is 11.0. The number of anilines is 1. The maximum atomic E-state index is 11.0. The van der Waals surface area contributed by atoms with Gasteiger partial charge in [0.1, 0.15) is 0 Å². The predicted molar refractivity (Wildman–Crippen MR) is 157 cm³/mol. The molecule has 0 radical (unpaired) electrons. The van der Waals surface area contributed by atoms with E-state index in [-0.39, 0.29) is 12.5 Å². The van der Waals surface area contributed by atoms with Crippen molar-refractivity contribution in [1.82, 2.24) is 19.5 Å². The van der Waals surface area contributed by atoms with Crippen LogP contribution in [0.5, 0.6) is 0 Å². The zero-order valence-corrected chi connectivity index (χ0v) is 22.8. The van der Waals surface area contributed by atoms with Crippen LogP contribution in [0.15, 0.2) is 60.8 Å². The maximum Gasteiger partial charge on any atom is 0.236 e. The second-order valence-corrected chi connectivity index (χ2v) is 10.6. The summed E-state index contributed by atoms with van der Waals surface area (Å²) in [6.45, 7) is 6.22. The normalized spacial score (nSPS) is 14.6. The Bertz CT molecular complexity index is 1400. The van der Waals surface area contributed by atoms with E-state index in [1.807, 2.05) is 28.9 Å². The average molecular weight is 526 g/mol. The number of likely N-dealkylation sites (tertiary alicyclic amines) is 1. The summed E-state index contributed by atoms with van der Waals surface area (Å²) in [6.07, 6.45) is 7.46. The topological polar surface area (TPSA) is 115 Å². The van der Waals surface area contributed by atoms with E-state index in [1.54, 1.807) is 0 Å². The fourth-order valence-electron chi connectivity index (χ4n) is 5.56. The number of benzene rings is 2. The molecular weight excluding hydrogens is 486 g/mol. The zero-order chi connectivity index (χ0) is 27.2. The van der Waals surface area contributed by atoms with Gasteiger partial charge in [0.2, 0.25) is 5.91 Å². The Labute approximate surface area is 230 Å². The Balaban J connectivity index is 1.09. The molecule has 1 aliphatic heterocycles. The standard InChI is InChI=1S/C31H39N7O/c1-22-18-25(5-6-26(22)20-32)29-11-14-34-31-19-28(36-38(29)31)4-2-3-15-37-16-12-24(13-17-37)23-7-9-27(10-8-23)35-21-30(33)39/h5-11,14,18-19,24,35H,2-4,12-13,15-17,20-21,32H2,1H3,(H2,33,39). The fourth-order valence-corrected chi connectivity index (χ4v) is 5.56. The van der Waals surface area contributed by atoms with Gasteiger partial charge in [0.25, 0.3) is 0 Å². The van der Waals surface area contributed by atoms with Crippen LogP contribution in [0.25, 0.3) is 16.9 Å². The molecule has 0 atom stereocenters. The van der Waals surface area contributed by atoms with Crippen molar-refractivity contribution < 1.29 is 4.79 Å². The largest absolute Gasteiger partial charge is 0.376 e. The molecular formula is C31H39N7O. The summed E-state index contributed by atoms with van der Waals surface area (Å²) in [5.74, 6) is 0.248. The number of hydrogen-bond donors (Lipinski definition) is 3. The number of nitrogens with zero attached hydrogens (tertiary/aromatic N) is 4. The summed E-state index contributed by atoms with van der Waals surface area (Å²) in [5, 5.41) is 7.95. The summed E-state index contributed by atoms with van der Waals surface area (Å²) in [7, 11) is 0. The summed E-state index contributed by atoms with van der Waals surface area (Å²) < 4.78 is 1.97. The average Bonchev–Trinajstić information content (AvgIpc) is 3.38. The third kappa shape index (κ3) is 6.64. The number of carbonyl (C=O) groups is 1. The molecule has 5 N–H and O–H groups in total. The van der Waals surface area contributed by atoms with Crippen molar-refractivity contribution in [1.29, 1.82) is 0 Å². The van der Waals surface area contributed by atoms with Gasteiger partial charge in [-0.1, -0.05) is 24.3 Å². The van der Waals surface area contributed by atoms with Crippen molar-refractivity contribution in [2.75, 3.05) is 31.5 Å². The first-order valence-corrected chi connectivity index (χ1v) is 14.0. The van der Waals surface area contributed by atoms with Crippen molar-refractivity contribution in [3.8, 4) is 11.3 Å². The lowest BCUT2D eigenvalue weighted by Crippen LogP contribution is -2.33. The highest BCUT2D eigenvalue weighted by atomic mass is 16.1.